The summed E-state index contributed by atoms with van der Waals surface area (Å²) in [5.41, 5.74) is 0.341. The molecule has 0 atom stereocenters. The quantitative estimate of drug-likeness (QED) is 0.483. The average molecular weight is 226 g/mol. The van der Waals surface area contributed by atoms with Crippen LogP contribution in [-0.2, 0) is 4.74 Å². The topological polar surface area (TPSA) is 18.5 Å². The van der Waals surface area contributed by atoms with E-state index in [9.17, 15) is 4.39 Å². The van der Waals surface area contributed by atoms with Crippen molar-refractivity contribution in [3.63, 3.8) is 0 Å². The summed E-state index contributed by atoms with van der Waals surface area (Å²) in [6.45, 7) is 0.0983. The maximum absolute atomic E-state index is 13.4. The third-order valence-electron chi connectivity index (χ3n) is 1.59. The fourth-order valence-electron chi connectivity index (χ4n) is 0.949. The van der Waals surface area contributed by atoms with Crippen LogP contribution in [0.15, 0.2) is 18.2 Å². The molecule has 0 aromatic heterocycles. The van der Waals surface area contributed by atoms with Gasteiger partial charge in [0, 0.05) is 13.2 Å². The molecule has 0 heterocycles. The Morgan fingerprint density at radius 1 is 1.47 bits per heavy atom. The Morgan fingerprint density at radius 2 is 2.27 bits per heavy atom. The second-order valence-corrected chi connectivity index (χ2v) is 2.97. The summed E-state index contributed by atoms with van der Waals surface area (Å²) in [5.74, 6) is 5.76. The molecule has 0 aliphatic carbocycles. The molecule has 0 saturated carbocycles. The van der Waals surface area contributed by atoms with E-state index < -0.39 is 5.82 Å². The second-order valence-electron chi connectivity index (χ2n) is 2.65. The van der Waals surface area contributed by atoms with Crippen molar-refractivity contribution in [2.45, 2.75) is 0 Å². The molecular weight excluding hydrogens is 215 g/mol. The van der Waals surface area contributed by atoms with E-state index >= 15 is 0 Å². The molecule has 0 aliphatic heterocycles. The molecule has 80 valence electrons. The zero-order valence-corrected chi connectivity index (χ0v) is 9.18. The highest BCUT2D eigenvalue weighted by Gasteiger charge is 2.01. The normalized spacial score (nSPS) is 9.27. The van der Waals surface area contributed by atoms with Gasteiger partial charge in [-0.2, -0.15) is 12.6 Å². The van der Waals surface area contributed by atoms with Gasteiger partial charge in [-0.25, -0.2) is 4.39 Å². The van der Waals surface area contributed by atoms with E-state index in [4.69, 9.17) is 9.47 Å². The van der Waals surface area contributed by atoms with Crippen molar-refractivity contribution in [2.24, 2.45) is 0 Å². The number of hydrogen-bond donors (Lipinski definition) is 1. The molecule has 0 saturated heterocycles. The van der Waals surface area contributed by atoms with Gasteiger partial charge in [0.25, 0.3) is 0 Å². The predicted octanol–water partition coefficient (Wildman–Crippen LogP) is 2.09. The lowest BCUT2D eigenvalue weighted by Crippen LogP contribution is -1.99. The maximum atomic E-state index is 13.4. The van der Waals surface area contributed by atoms with Gasteiger partial charge < -0.3 is 9.47 Å². The highest BCUT2D eigenvalue weighted by atomic mass is 32.1. The van der Waals surface area contributed by atoms with Gasteiger partial charge in [0.15, 0.2) is 6.79 Å². The van der Waals surface area contributed by atoms with Gasteiger partial charge in [0.2, 0.25) is 0 Å². The van der Waals surface area contributed by atoms with Crippen molar-refractivity contribution in [1.82, 2.24) is 0 Å². The molecule has 4 heteroatoms. The molecule has 1 aromatic carbocycles. The fourth-order valence-corrected chi connectivity index (χ4v) is 1.03. The lowest BCUT2D eigenvalue weighted by molar-refractivity contribution is 0.0509. The summed E-state index contributed by atoms with van der Waals surface area (Å²) in [4.78, 5) is 0. The van der Waals surface area contributed by atoms with Crippen LogP contribution in [0.4, 0.5) is 4.39 Å². The standard InChI is InChI=1S/C11H11FO2S/c1-13-8-14-10-5-4-9(3-2-6-15)11(12)7-10/h4-5,7,15H,6,8H2,1H3. The van der Waals surface area contributed by atoms with Crippen molar-refractivity contribution in [1.29, 1.82) is 0 Å². The molecule has 0 unspecified atom stereocenters. The molecule has 15 heavy (non-hydrogen) atoms. The molecule has 0 bridgehead atoms. The molecule has 1 aromatic rings. The summed E-state index contributed by atoms with van der Waals surface area (Å²) in [6, 6.07) is 4.49. The summed E-state index contributed by atoms with van der Waals surface area (Å²) >= 11 is 3.91. The number of thiol groups is 1. The number of halogens is 1. The number of rotatable bonds is 3. The summed E-state index contributed by atoms with van der Waals surface area (Å²) in [5, 5.41) is 0. The first-order chi connectivity index (χ1) is 7.27. The van der Waals surface area contributed by atoms with Crippen LogP contribution in [0.5, 0.6) is 5.75 Å². The van der Waals surface area contributed by atoms with Crippen molar-refractivity contribution in [3.05, 3.63) is 29.6 Å². The van der Waals surface area contributed by atoms with E-state index in [2.05, 4.69) is 24.5 Å². The van der Waals surface area contributed by atoms with Gasteiger partial charge in [0.05, 0.1) is 11.3 Å². The minimum Gasteiger partial charge on any atom is -0.467 e. The van der Waals surface area contributed by atoms with Crippen LogP contribution in [0, 0.1) is 17.7 Å². The fraction of sp³-hybridized carbons (Fsp3) is 0.273. The van der Waals surface area contributed by atoms with Crippen LogP contribution < -0.4 is 4.74 Å². The zero-order valence-electron chi connectivity index (χ0n) is 8.29. The SMILES string of the molecule is COCOc1ccc(C#CCS)c(F)c1. The number of hydrogen-bond acceptors (Lipinski definition) is 3. The molecule has 2 nitrogen and oxygen atoms in total. The number of ether oxygens (including phenoxy) is 2. The van der Waals surface area contributed by atoms with Crippen LogP contribution in [-0.4, -0.2) is 19.7 Å². The first kappa shape index (κ1) is 11.9. The molecule has 1 rings (SSSR count). The van der Waals surface area contributed by atoms with Gasteiger partial charge in [-0.05, 0) is 12.1 Å². The van der Waals surface area contributed by atoms with Crippen molar-refractivity contribution in [2.75, 3.05) is 19.7 Å². The van der Waals surface area contributed by atoms with Crippen LogP contribution in [0.3, 0.4) is 0 Å². The summed E-state index contributed by atoms with van der Waals surface area (Å²) in [6.07, 6.45) is 0. The third kappa shape index (κ3) is 3.82. The highest BCUT2D eigenvalue weighted by Crippen LogP contribution is 2.15. The lowest BCUT2D eigenvalue weighted by Gasteiger charge is -2.04. The molecular formula is C11H11FO2S. The van der Waals surface area contributed by atoms with E-state index in [1.807, 2.05) is 0 Å². The van der Waals surface area contributed by atoms with Crippen LogP contribution in [0.1, 0.15) is 5.56 Å². The van der Waals surface area contributed by atoms with Gasteiger partial charge in [-0.15, -0.1) is 0 Å². The maximum Gasteiger partial charge on any atom is 0.188 e. The highest BCUT2D eigenvalue weighted by molar-refractivity contribution is 7.80. The van der Waals surface area contributed by atoms with Crippen LogP contribution in [0.25, 0.3) is 0 Å². The Labute approximate surface area is 93.8 Å². The van der Waals surface area contributed by atoms with Crippen LogP contribution in [0.2, 0.25) is 0 Å². The van der Waals surface area contributed by atoms with E-state index in [0.717, 1.165) is 0 Å². The van der Waals surface area contributed by atoms with Gasteiger partial charge in [-0.1, -0.05) is 11.8 Å². The van der Waals surface area contributed by atoms with E-state index in [-0.39, 0.29) is 6.79 Å². The minimum absolute atomic E-state index is 0.0983. The summed E-state index contributed by atoms with van der Waals surface area (Å²) in [7, 11) is 1.50. The first-order valence-electron chi connectivity index (χ1n) is 4.29. The number of methoxy groups -OCH3 is 1. The van der Waals surface area contributed by atoms with Crippen molar-refractivity contribution < 1.29 is 13.9 Å². The largest absolute Gasteiger partial charge is 0.467 e. The average Bonchev–Trinajstić information content (AvgIpc) is 2.25. The molecule has 0 fully saturated rings. The molecule has 0 N–H and O–H groups in total. The lowest BCUT2D eigenvalue weighted by atomic mass is 10.2. The van der Waals surface area contributed by atoms with E-state index in [1.165, 1.54) is 13.2 Å². The molecule has 0 amide bonds. The second kappa shape index (κ2) is 6.33. The molecule has 0 radical (unpaired) electrons. The van der Waals surface area contributed by atoms with Crippen molar-refractivity contribution in [3.8, 4) is 17.6 Å². The third-order valence-corrected chi connectivity index (χ3v) is 1.74. The van der Waals surface area contributed by atoms with Gasteiger partial charge >= 0.3 is 0 Å². The first-order valence-corrected chi connectivity index (χ1v) is 4.92. The Kier molecular flexibility index (Phi) is 5.02. The number of benzene rings is 1. The van der Waals surface area contributed by atoms with E-state index in [1.54, 1.807) is 12.1 Å². The minimum atomic E-state index is -0.405. The molecule has 0 aliphatic rings. The zero-order chi connectivity index (χ0) is 11.1. The summed E-state index contributed by atoms with van der Waals surface area (Å²) < 4.78 is 23.1. The Balaban J connectivity index is 2.78. The van der Waals surface area contributed by atoms with E-state index in [0.29, 0.717) is 17.1 Å². The van der Waals surface area contributed by atoms with Crippen LogP contribution >= 0.6 is 12.6 Å². The van der Waals surface area contributed by atoms with Gasteiger partial charge in [-0.3, -0.25) is 0 Å². The molecule has 0 spiro atoms. The van der Waals surface area contributed by atoms with Crippen molar-refractivity contribution >= 4 is 12.6 Å². The smallest absolute Gasteiger partial charge is 0.188 e. The predicted molar refractivity (Wildman–Crippen MR) is 59.6 cm³/mol. The Hall–Kier alpha value is -1.18. The van der Waals surface area contributed by atoms with Gasteiger partial charge in [0.1, 0.15) is 11.6 Å². The monoisotopic (exact) mass is 226 g/mol. The Morgan fingerprint density at radius 3 is 2.87 bits per heavy atom. The Bertz CT molecular complexity index is 382.